The normalized spacial score (nSPS) is 20.1. The highest BCUT2D eigenvalue weighted by Gasteiger charge is 2.54. The number of hydrogen-bond acceptors (Lipinski definition) is 17. The molecule has 2 aromatic heterocycles. The summed E-state index contributed by atoms with van der Waals surface area (Å²) in [7, 11) is 4.02. The van der Waals surface area contributed by atoms with Gasteiger partial charge in [0.2, 0.25) is 23.6 Å². The van der Waals surface area contributed by atoms with E-state index in [-0.39, 0.29) is 92.8 Å². The van der Waals surface area contributed by atoms with Crippen molar-refractivity contribution in [3.8, 4) is 0 Å². The molecule has 2 aliphatic rings. The zero-order chi connectivity index (χ0) is 50.5. The van der Waals surface area contributed by atoms with Crippen LogP contribution in [-0.4, -0.2) is 159 Å². The zero-order valence-corrected chi connectivity index (χ0v) is 40.7. The molecule has 4 rings (SSSR count). The second kappa shape index (κ2) is 24.6. The molecule has 8 unspecified atom stereocenters. The predicted molar refractivity (Wildman–Crippen MR) is 239 cm³/mol. The molecule has 2 saturated heterocycles. The number of epoxide rings is 2. The summed E-state index contributed by atoms with van der Waals surface area (Å²) in [6, 6.07) is -3.95. The maximum atomic E-state index is 14.2. The fraction of sp³-hybridized carbons (Fsp3) is 0.689. The zero-order valence-electron chi connectivity index (χ0n) is 40.7. The molecule has 378 valence electrons. The number of carbonyl (C=O) groups excluding carboxylic acids is 8. The Balaban J connectivity index is 1.37. The Hall–Kier alpha value is -5.62. The van der Waals surface area contributed by atoms with Crippen LogP contribution in [0.3, 0.4) is 0 Å². The number of nitrogens with zero attached hydrogens (tertiary/aromatic N) is 2. The van der Waals surface area contributed by atoms with E-state index in [0.717, 1.165) is 0 Å². The van der Waals surface area contributed by atoms with Crippen molar-refractivity contribution < 1.29 is 71.1 Å². The van der Waals surface area contributed by atoms with Gasteiger partial charge < -0.3 is 64.6 Å². The monoisotopic (exact) mass is 960 g/mol. The highest BCUT2D eigenvalue weighted by Crippen LogP contribution is 2.36. The van der Waals surface area contributed by atoms with Gasteiger partial charge in [-0.2, -0.15) is 0 Å². The Labute approximate surface area is 395 Å². The number of rotatable bonds is 30. The van der Waals surface area contributed by atoms with Gasteiger partial charge in [-0.1, -0.05) is 51.9 Å². The van der Waals surface area contributed by atoms with Crippen LogP contribution in [-0.2, 0) is 58.9 Å². The van der Waals surface area contributed by atoms with Crippen molar-refractivity contribution in [2.75, 3.05) is 54.4 Å². The Morgan fingerprint density at radius 3 is 1.49 bits per heavy atom. The maximum Gasteiger partial charge on any atom is 0.274 e. The van der Waals surface area contributed by atoms with E-state index in [1.54, 1.807) is 27.7 Å². The lowest BCUT2D eigenvalue weighted by molar-refractivity contribution is -0.135. The van der Waals surface area contributed by atoms with E-state index in [2.05, 4.69) is 42.2 Å². The first-order valence-corrected chi connectivity index (χ1v) is 22.6. The average Bonchev–Trinajstić information content (AvgIpc) is 4.12. The number of ketones is 2. The molecule has 23 nitrogen and oxygen atoms in total. The minimum Gasteiger partial charge on any atom is -0.382 e. The van der Waals surface area contributed by atoms with E-state index in [0.29, 0.717) is 12.2 Å². The van der Waals surface area contributed by atoms with Crippen molar-refractivity contribution in [2.45, 2.75) is 129 Å². The Kier molecular flexibility index (Phi) is 19.9. The van der Waals surface area contributed by atoms with Gasteiger partial charge in [0.05, 0.1) is 45.1 Å². The number of methoxy groups -OCH3 is 3. The lowest BCUT2D eigenvalue weighted by Gasteiger charge is -2.28. The first-order valence-electron chi connectivity index (χ1n) is 22.6. The standard InChI is InChI=1S/C45H68N8O15/c1-23(2)14-28(36(54)44(8)21-65-44)46-40(58)32(18-62-9)50-41(59)33(19-63-10)48-39(57)31-17-27(68-53-31)12-13-45(22-66-45)37(55)29(15-24(3)4)47-43(61)35(25(5)6)51-42(60)34(20-64-11)49-38(56)30-16-26(7)67-52-30/h16-17,23-25,28-29,32-35H,12-15,18-22H2,1-11H3,(H,46,58)(H,47,61)(H,48,57)(H,49,56)(H,50,59)(H,51,60). The van der Waals surface area contributed by atoms with Crippen LogP contribution in [0.5, 0.6) is 0 Å². The molecular formula is C45H68N8O15. The van der Waals surface area contributed by atoms with Gasteiger partial charge in [-0.25, -0.2) is 0 Å². The molecule has 0 radical (unpaired) electrons. The number of hydrogen-bond donors (Lipinski definition) is 6. The van der Waals surface area contributed by atoms with Gasteiger partial charge in [-0.15, -0.1) is 0 Å². The lowest BCUT2D eigenvalue weighted by Crippen LogP contribution is -2.59. The summed E-state index contributed by atoms with van der Waals surface area (Å²) >= 11 is 0. The SMILES string of the molecule is COCC(NC(=O)c1cc(CCC2(C(=O)C(CC(C)C)NC(=O)C(NC(=O)C(COC)NC(=O)c3cc(C)on3)C(C)C)CO2)on1)C(=O)NC(COC)C(=O)NC(CC(C)C)C(=O)C1(C)CO1. The topological polar surface area (TPSA) is 314 Å². The summed E-state index contributed by atoms with van der Waals surface area (Å²) in [4.78, 5) is 108. The van der Waals surface area contributed by atoms with Gasteiger partial charge in [0.15, 0.2) is 28.6 Å². The lowest BCUT2D eigenvalue weighted by atomic mass is 9.88. The van der Waals surface area contributed by atoms with Gasteiger partial charge >= 0.3 is 0 Å². The van der Waals surface area contributed by atoms with E-state index >= 15 is 0 Å². The van der Waals surface area contributed by atoms with Gasteiger partial charge in [-0.05, 0) is 50.9 Å². The third-order valence-electron chi connectivity index (χ3n) is 11.3. The molecule has 0 spiro atoms. The Bertz CT molecular complexity index is 2090. The fourth-order valence-electron chi connectivity index (χ4n) is 7.28. The number of Topliss-reactive ketones (excluding diaryl/α,β-unsaturated/α-hetero) is 2. The van der Waals surface area contributed by atoms with E-state index < -0.39 is 88.8 Å². The third-order valence-corrected chi connectivity index (χ3v) is 11.3. The van der Waals surface area contributed by atoms with Gasteiger partial charge in [0.25, 0.3) is 11.8 Å². The predicted octanol–water partition coefficient (Wildman–Crippen LogP) is 0.123. The number of ether oxygens (including phenoxy) is 5. The quantitative estimate of drug-likeness (QED) is 0.0567. The molecule has 0 bridgehead atoms. The first kappa shape index (κ1) is 55.0. The van der Waals surface area contributed by atoms with Crippen LogP contribution in [0.15, 0.2) is 21.2 Å². The number of carbonyl (C=O) groups is 8. The second-order valence-electron chi connectivity index (χ2n) is 18.6. The molecule has 0 saturated carbocycles. The molecule has 2 aromatic rings. The summed E-state index contributed by atoms with van der Waals surface area (Å²) in [5.74, 6) is -4.71. The highest BCUT2D eigenvalue weighted by atomic mass is 16.6. The van der Waals surface area contributed by atoms with E-state index in [9.17, 15) is 38.4 Å². The van der Waals surface area contributed by atoms with Crippen LogP contribution in [0.25, 0.3) is 0 Å². The van der Waals surface area contributed by atoms with Crippen LogP contribution in [0.1, 0.15) is 100 Å². The van der Waals surface area contributed by atoms with Crippen molar-refractivity contribution in [3.63, 3.8) is 0 Å². The highest BCUT2D eigenvalue weighted by molar-refractivity contribution is 6.01. The maximum absolute atomic E-state index is 14.2. The molecule has 0 aliphatic carbocycles. The van der Waals surface area contributed by atoms with Gasteiger partial charge in [-0.3, -0.25) is 38.4 Å². The molecule has 2 aliphatic heterocycles. The minimum atomic E-state index is -1.30. The molecule has 6 N–H and O–H groups in total. The van der Waals surface area contributed by atoms with Crippen LogP contribution < -0.4 is 31.9 Å². The molecule has 0 aromatic carbocycles. The van der Waals surface area contributed by atoms with Crippen LogP contribution in [0, 0.1) is 24.7 Å². The molecular weight excluding hydrogens is 893 g/mol. The van der Waals surface area contributed by atoms with Crippen LogP contribution in [0.2, 0.25) is 0 Å². The van der Waals surface area contributed by atoms with Crippen molar-refractivity contribution >= 4 is 47.0 Å². The first-order chi connectivity index (χ1) is 32.1. The number of aromatic nitrogens is 2. The van der Waals surface area contributed by atoms with Crippen molar-refractivity contribution in [2.24, 2.45) is 17.8 Å². The molecule has 23 heteroatoms. The number of amides is 6. The van der Waals surface area contributed by atoms with E-state index in [1.807, 2.05) is 27.7 Å². The summed E-state index contributed by atoms with van der Waals surface area (Å²) in [6.07, 6.45) is 0.798. The molecule has 2 fully saturated rings. The molecule has 68 heavy (non-hydrogen) atoms. The average molecular weight is 961 g/mol. The minimum absolute atomic E-state index is 0.0395. The summed E-state index contributed by atoms with van der Waals surface area (Å²) < 4.78 is 37.0. The molecule has 6 amide bonds. The van der Waals surface area contributed by atoms with Crippen molar-refractivity contribution in [1.82, 2.24) is 42.2 Å². The van der Waals surface area contributed by atoms with E-state index in [4.69, 9.17) is 32.7 Å². The van der Waals surface area contributed by atoms with Gasteiger partial charge in [0.1, 0.15) is 41.3 Å². The summed E-state index contributed by atoms with van der Waals surface area (Å²) in [5.41, 5.74) is -2.49. The summed E-state index contributed by atoms with van der Waals surface area (Å²) in [5, 5.41) is 23.4. The largest absolute Gasteiger partial charge is 0.382 e. The van der Waals surface area contributed by atoms with E-state index in [1.165, 1.54) is 33.5 Å². The summed E-state index contributed by atoms with van der Waals surface area (Å²) in [6.45, 7) is 13.9. The van der Waals surface area contributed by atoms with Crippen LogP contribution in [0.4, 0.5) is 0 Å². The number of nitrogens with one attached hydrogen (secondary N) is 6. The van der Waals surface area contributed by atoms with Crippen molar-refractivity contribution in [3.05, 3.63) is 35.0 Å². The third kappa shape index (κ3) is 15.5. The Morgan fingerprint density at radius 1 is 0.603 bits per heavy atom. The Morgan fingerprint density at radius 2 is 1.04 bits per heavy atom. The second-order valence-corrected chi connectivity index (χ2v) is 18.6. The molecule has 4 heterocycles. The number of aryl methyl sites for hydroxylation is 2. The fourth-order valence-corrected chi connectivity index (χ4v) is 7.28. The van der Waals surface area contributed by atoms with Gasteiger partial charge in [0, 0.05) is 39.9 Å². The van der Waals surface area contributed by atoms with Crippen LogP contribution >= 0.6 is 0 Å². The smallest absolute Gasteiger partial charge is 0.274 e. The molecule has 8 atom stereocenters. The van der Waals surface area contributed by atoms with Crippen molar-refractivity contribution in [1.29, 1.82) is 0 Å².